The van der Waals surface area contributed by atoms with E-state index >= 15 is 0 Å². The van der Waals surface area contributed by atoms with Gasteiger partial charge in [-0.1, -0.05) is 11.6 Å². The zero-order valence-corrected chi connectivity index (χ0v) is 13.7. The number of hydrogen-bond donors (Lipinski definition) is 2. The number of alkyl halides is 3. The number of rotatable bonds is 4. The number of allylic oxidation sites excluding steroid dienone is 1. The maximum atomic E-state index is 12.2. The van der Waals surface area contributed by atoms with Crippen LogP contribution < -0.4 is 10.1 Å². The average molecular weight is 457 g/mol. The van der Waals surface area contributed by atoms with Crippen molar-refractivity contribution in [3.05, 3.63) is 32.7 Å². The van der Waals surface area contributed by atoms with Gasteiger partial charge in [-0.15, -0.1) is 23.4 Å². The number of tetrazole rings is 1. The normalized spacial score (nSPS) is 11.9. The van der Waals surface area contributed by atoms with E-state index in [1.165, 1.54) is 6.20 Å². The second-order valence-corrected chi connectivity index (χ2v) is 5.43. The van der Waals surface area contributed by atoms with Gasteiger partial charge >= 0.3 is 6.36 Å². The van der Waals surface area contributed by atoms with Crippen molar-refractivity contribution in [1.82, 2.24) is 20.6 Å². The Morgan fingerprint density at radius 2 is 2.22 bits per heavy atom. The number of aromatic nitrogens is 4. The maximum absolute atomic E-state index is 12.2. The van der Waals surface area contributed by atoms with Gasteiger partial charge in [0.05, 0.1) is 10.7 Å². The molecule has 0 amide bonds. The van der Waals surface area contributed by atoms with Crippen LogP contribution in [0, 0.1) is 14.9 Å². The molecule has 0 bridgehead atoms. The standard InChI is InChI=1S/C11H5ClF3IN6O/c12-7-1-6(23-11(13,14)15)2-8(16)9(7)18-4-5(3-17)10-19-21-22-20-10/h1-2,4,18H,(H,19,20,21,22). The van der Waals surface area contributed by atoms with Crippen LogP contribution in [0.1, 0.15) is 5.82 Å². The highest BCUT2D eigenvalue weighted by Gasteiger charge is 2.31. The van der Waals surface area contributed by atoms with Crippen molar-refractivity contribution >= 4 is 45.5 Å². The number of H-pyrrole nitrogens is 1. The molecular formula is C11H5ClF3IN6O. The minimum absolute atomic E-state index is 0.0159. The molecule has 23 heavy (non-hydrogen) atoms. The lowest BCUT2D eigenvalue weighted by Crippen LogP contribution is -2.17. The van der Waals surface area contributed by atoms with Crippen molar-refractivity contribution in [2.45, 2.75) is 6.36 Å². The predicted molar refractivity (Wildman–Crippen MR) is 82.2 cm³/mol. The smallest absolute Gasteiger partial charge is 0.406 e. The van der Waals surface area contributed by atoms with Crippen LogP contribution in [0.15, 0.2) is 18.3 Å². The van der Waals surface area contributed by atoms with E-state index in [2.05, 4.69) is 30.7 Å². The third kappa shape index (κ3) is 4.70. The van der Waals surface area contributed by atoms with E-state index < -0.39 is 12.1 Å². The molecule has 2 aromatic rings. The number of anilines is 1. The van der Waals surface area contributed by atoms with Gasteiger partial charge in [0.25, 0.3) is 0 Å². The SMILES string of the molecule is N#CC(=CNc1c(Cl)cc(OC(F)(F)F)cc1I)c1nn[nH]n1. The summed E-state index contributed by atoms with van der Waals surface area (Å²) in [5.41, 5.74) is 0.360. The molecule has 0 aliphatic carbocycles. The number of aromatic amines is 1. The minimum Gasteiger partial charge on any atom is -0.406 e. The number of hydrogen-bond acceptors (Lipinski definition) is 6. The van der Waals surface area contributed by atoms with E-state index in [1.807, 2.05) is 6.07 Å². The first-order valence-corrected chi connectivity index (χ1v) is 7.11. The fraction of sp³-hybridized carbons (Fsp3) is 0.0909. The molecule has 0 saturated carbocycles. The number of nitrogens with one attached hydrogen (secondary N) is 2. The number of nitriles is 1. The number of benzene rings is 1. The molecule has 0 aliphatic heterocycles. The van der Waals surface area contributed by atoms with E-state index in [9.17, 15) is 13.2 Å². The van der Waals surface area contributed by atoms with Crippen LogP contribution in [0.3, 0.4) is 0 Å². The average Bonchev–Trinajstić information content (AvgIpc) is 2.94. The minimum atomic E-state index is -4.81. The Balaban J connectivity index is 2.26. The molecule has 0 radical (unpaired) electrons. The van der Waals surface area contributed by atoms with E-state index in [0.29, 0.717) is 9.26 Å². The molecule has 0 fully saturated rings. The molecule has 1 aromatic carbocycles. The van der Waals surface area contributed by atoms with E-state index in [-0.39, 0.29) is 16.4 Å². The fourth-order valence-corrected chi connectivity index (χ4v) is 2.62. The summed E-state index contributed by atoms with van der Waals surface area (Å²) in [6.07, 6.45) is -3.55. The first-order chi connectivity index (χ1) is 10.8. The van der Waals surface area contributed by atoms with Crippen LogP contribution >= 0.6 is 34.2 Å². The van der Waals surface area contributed by atoms with Gasteiger partial charge in [0.2, 0.25) is 5.82 Å². The van der Waals surface area contributed by atoms with Gasteiger partial charge in [0.15, 0.2) is 0 Å². The molecule has 0 saturated heterocycles. The Labute approximate surface area is 145 Å². The summed E-state index contributed by atoms with van der Waals surface area (Å²) in [6.45, 7) is 0. The van der Waals surface area contributed by atoms with Crippen molar-refractivity contribution in [2.75, 3.05) is 5.32 Å². The van der Waals surface area contributed by atoms with Crippen molar-refractivity contribution in [3.63, 3.8) is 0 Å². The zero-order valence-electron chi connectivity index (χ0n) is 10.8. The van der Waals surface area contributed by atoms with E-state index in [0.717, 1.165) is 12.1 Å². The van der Waals surface area contributed by atoms with Gasteiger partial charge in [0.1, 0.15) is 17.4 Å². The molecule has 0 atom stereocenters. The van der Waals surface area contributed by atoms with Crippen LogP contribution in [0.5, 0.6) is 5.75 Å². The second kappa shape index (κ2) is 7.01. The van der Waals surface area contributed by atoms with Gasteiger partial charge in [-0.05, 0) is 33.9 Å². The predicted octanol–water partition coefficient (Wildman–Crippen LogP) is 3.33. The Morgan fingerprint density at radius 3 is 2.74 bits per heavy atom. The van der Waals surface area contributed by atoms with E-state index in [1.54, 1.807) is 22.6 Å². The van der Waals surface area contributed by atoms with E-state index in [4.69, 9.17) is 16.9 Å². The van der Waals surface area contributed by atoms with Gasteiger partial charge in [0, 0.05) is 15.8 Å². The van der Waals surface area contributed by atoms with Crippen molar-refractivity contribution in [2.24, 2.45) is 0 Å². The lowest BCUT2D eigenvalue weighted by molar-refractivity contribution is -0.274. The largest absolute Gasteiger partial charge is 0.573 e. The third-order valence-corrected chi connectivity index (χ3v) is 3.47. The van der Waals surface area contributed by atoms with Crippen molar-refractivity contribution < 1.29 is 17.9 Å². The molecule has 1 aromatic heterocycles. The molecule has 2 N–H and O–H groups in total. The summed E-state index contributed by atoms with van der Waals surface area (Å²) >= 11 is 7.72. The molecule has 0 unspecified atom stereocenters. The van der Waals surface area contributed by atoms with Crippen LogP contribution in [0.4, 0.5) is 18.9 Å². The Bertz CT molecular complexity index is 748. The van der Waals surface area contributed by atoms with Gasteiger partial charge in [-0.2, -0.15) is 10.5 Å². The molecule has 7 nitrogen and oxygen atoms in total. The Morgan fingerprint density at radius 1 is 1.48 bits per heavy atom. The molecular weight excluding hydrogens is 452 g/mol. The summed E-state index contributed by atoms with van der Waals surface area (Å²) in [6, 6.07) is 4.01. The molecule has 12 heteroatoms. The van der Waals surface area contributed by atoms with Crippen molar-refractivity contribution in [1.29, 1.82) is 5.26 Å². The zero-order chi connectivity index (χ0) is 17.0. The van der Waals surface area contributed by atoms with Crippen LogP contribution in [-0.2, 0) is 0 Å². The highest BCUT2D eigenvalue weighted by atomic mass is 127. The number of halogens is 5. The first-order valence-electron chi connectivity index (χ1n) is 5.65. The van der Waals surface area contributed by atoms with Crippen molar-refractivity contribution in [3.8, 4) is 11.8 Å². The van der Waals surface area contributed by atoms with Crippen LogP contribution in [0.25, 0.3) is 5.57 Å². The number of nitrogens with zero attached hydrogens (tertiary/aromatic N) is 4. The monoisotopic (exact) mass is 456 g/mol. The summed E-state index contributed by atoms with van der Waals surface area (Å²) in [7, 11) is 0. The van der Waals surface area contributed by atoms with Crippen LogP contribution in [-0.4, -0.2) is 27.0 Å². The van der Waals surface area contributed by atoms with Gasteiger partial charge in [-0.3, -0.25) is 0 Å². The summed E-state index contributed by atoms with van der Waals surface area (Å²) in [5.74, 6) is -0.386. The Hall–Kier alpha value is -2.07. The highest BCUT2D eigenvalue weighted by Crippen LogP contribution is 2.34. The summed E-state index contributed by atoms with van der Waals surface area (Å²) in [4.78, 5) is 0. The summed E-state index contributed by atoms with van der Waals surface area (Å²) < 4.78 is 40.8. The van der Waals surface area contributed by atoms with Crippen LogP contribution in [0.2, 0.25) is 5.02 Å². The molecule has 0 spiro atoms. The van der Waals surface area contributed by atoms with Gasteiger partial charge in [-0.25, -0.2) is 0 Å². The third-order valence-electron chi connectivity index (χ3n) is 2.32. The lowest BCUT2D eigenvalue weighted by Gasteiger charge is -2.12. The molecule has 0 aliphatic rings. The maximum Gasteiger partial charge on any atom is 0.573 e. The fourth-order valence-electron chi connectivity index (χ4n) is 1.45. The Kier molecular flexibility index (Phi) is 5.26. The topological polar surface area (TPSA) is 99.5 Å². The second-order valence-electron chi connectivity index (χ2n) is 3.86. The summed E-state index contributed by atoms with van der Waals surface area (Å²) in [5, 5.41) is 24.5. The number of ether oxygens (including phenoxy) is 1. The molecule has 2 rings (SSSR count). The molecule has 120 valence electrons. The van der Waals surface area contributed by atoms with Gasteiger partial charge < -0.3 is 10.1 Å². The molecule has 1 heterocycles. The quantitative estimate of drug-likeness (QED) is 0.541. The lowest BCUT2D eigenvalue weighted by atomic mass is 10.2. The highest BCUT2D eigenvalue weighted by molar-refractivity contribution is 14.1. The first kappa shape index (κ1) is 17.3.